The highest BCUT2D eigenvalue weighted by molar-refractivity contribution is 5.85. The van der Waals surface area contributed by atoms with E-state index in [4.69, 9.17) is 0 Å². The average Bonchev–Trinajstić information content (AvgIpc) is 2.50. The maximum absolute atomic E-state index is 12.3. The average molecular weight is 290 g/mol. The molecular weight excluding hydrogens is 268 g/mol. The lowest BCUT2D eigenvalue weighted by Crippen LogP contribution is -2.93. The van der Waals surface area contributed by atoms with E-state index in [0.717, 1.165) is 12.1 Å². The number of carboxylic acid groups (broad SMARTS) is 1. The maximum Gasteiger partial charge on any atom is 0.279 e. The number of carbonyl (C=O) groups excluding carboxylic acids is 2. The molecule has 0 aliphatic carbocycles. The molecule has 5 heteroatoms. The normalized spacial score (nSPS) is 20.2. The maximum atomic E-state index is 12.3. The molecule has 0 radical (unpaired) electrons. The van der Waals surface area contributed by atoms with Crippen molar-refractivity contribution in [2.75, 3.05) is 0 Å². The van der Waals surface area contributed by atoms with Gasteiger partial charge in [-0.3, -0.25) is 4.79 Å². The monoisotopic (exact) mass is 290 g/mol. The van der Waals surface area contributed by atoms with Crippen molar-refractivity contribution in [3.8, 4) is 0 Å². The number of hydrogen-bond donors (Lipinski definition) is 2. The van der Waals surface area contributed by atoms with Crippen molar-refractivity contribution in [1.29, 1.82) is 0 Å². The van der Waals surface area contributed by atoms with Crippen LogP contribution in [0.4, 0.5) is 0 Å². The van der Waals surface area contributed by atoms with Crippen LogP contribution < -0.4 is 15.7 Å². The molecule has 0 saturated carbocycles. The first kappa shape index (κ1) is 15.5. The van der Waals surface area contributed by atoms with Crippen LogP contribution >= 0.6 is 0 Å². The summed E-state index contributed by atoms with van der Waals surface area (Å²) in [5.41, 5.74) is 2.40. The molecule has 2 rings (SSSR count). The van der Waals surface area contributed by atoms with Gasteiger partial charge in [-0.2, -0.15) is 0 Å². The molecule has 1 aromatic carbocycles. The number of aliphatic carboxylic acids is 1. The molecule has 1 heterocycles. The van der Waals surface area contributed by atoms with Crippen LogP contribution in [0.2, 0.25) is 0 Å². The van der Waals surface area contributed by atoms with Gasteiger partial charge in [0.1, 0.15) is 6.54 Å². The van der Waals surface area contributed by atoms with E-state index in [2.05, 4.69) is 11.4 Å². The van der Waals surface area contributed by atoms with Gasteiger partial charge in [0.05, 0.1) is 12.0 Å². The van der Waals surface area contributed by atoms with Gasteiger partial charge in [-0.15, -0.1) is 0 Å². The largest absolute Gasteiger partial charge is 0.548 e. The molecule has 3 N–H and O–H groups in total. The molecular formula is C16H22N2O3. The standard InChI is InChI=1S/C16H22N2O3/c1-3-10(2)14(16(20)21)18-15(19)13-8-11-6-4-5-7-12(11)9-17-13/h4-7,10,13-14,17H,3,8-9H2,1-2H3,(H,18,19)(H,20,21)/t10-,13+,14+/m1/s1. The van der Waals surface area contributed by atoms with Crippen LogP contribution in [0.3, 0.4) is 0 Å². The summed E-state index contributed by atoms with van der Waals surface area (Å²) in [6.45, 7) is 4.45. The van der Waals surface area contributed by atoms with Gasteiger partial charge in [0.25, 0.3) is 5.91 Å². The van der Waals surface area contributed by atoms with E-state index in [9.17, 15) is 14.7 Å². The van der Waals surface area contributed by atoms with E-state index in [-0.39, 0.29) is 17.9 Å². The molecule has 5 nitrogen and oxygen atoms in total. The third-order valence-corrected chi connectivity index (χ3v) is 4.28. The number of nitrogens with one attached hydrogen (secondary N) is 1. The van der Waals surface area contributed by atoms with Crippen LogP contribution in [0.15, 0.2) is 24.3 Å². The summed E-state index contributed by atoms with van der Waals surface area (Å²) < 4.78 is 0. The van der Waals surface area contributed by atoms with Crippen molar-refractivity contribution in [3.63, 3.8) is 0 Å². The molecule has 3 atom stereocenters. The van der Waals surface area contributed by atoms with E-state index in [1.807, 2.05) is 30.4 Å². The van der Waals surface area contributed by atoms with Gasteiger partial charge in [-0.05, 0) is 11.5 Å². The van der Waals surface area contributed by atoms with Crippen molar-refractivity contribution in [1.82, 2.24) is 5.32 Å². The first-order valence-electron chi connectivity index (χ1n) is 7.44. The van der Waals surface area contributed by atoms with Crippen molar-refractivity contribution in [2.24, 2.45) is 5.92 Å². The van der Waals surface area contributed by atoms with Crippen LogP contribution in [0.25, 0.3) is 0 Å². The van der Waals surface area contributed by atoms with Gasteiger partial charge in [-0.1, -0.05) is 44.5 Å². The Bertz CT molecular complexity index is 530. The van der Waals surface area contributed by atoms with E-state index in [1.165, 1.54) is 5.56 Å². The van der Waals surface area contributed by atoms with Crippen LogP contribution in [-0.4, -0.2) is 24.0 Å². The molecule has 1 aliphatic heterocycles. The highest BCUT2D eigenvalue weighted by Gasteiger charge is 2.30. The number of rotatable bonds is 5. The first-order valence-corrected chi connectivity index (χ1v) is 7.44. The number of carboxylic acids is 1. The topological polar surface area (TPSA) is 85.8 Å². The fourth-order valence-corrected chi connectivity index (χ4v) is 2.67. The fourth-order valence-electron chi connectivity index (χ4n) is 2.67. The Kier molecular flexibility index (Phi) is 4.96. The molecule has 1 aliphatic rings. The summed E-state index contributed by atoms with van der Waals surface area (Å²) in [5.74, 6) is -1.58. The summed E-state index contributed by atoms with van der Waals surface area (Å²) >= 11 is 0. The number of fused-ring (bicyclic) bond motifs is 1. The van der Waals surface area contributed by atoms with Gasteiger partial charge >= 0.3 is 0 Å². The van der Waals surface area contributed by atoms with Gasteiger partial charge in [0.2, 0.25) is 0 Å². The van der Waals surface area contributed by atoms with Crippen LogP contribution in [0.5, 0.6) is 0 Å². The third kappa shape index (κ3) is 3.61. The Morgan fingerprint density at radius 3 is 2.67 bits per heavy atom. The van der Waals surface area contributed by atoms with E-state index in [0.29, 0.717) is 12.8 Å². The number of carbonyl (C=O) groups is 2. The Morgan fingerprint density at radius 2 is 2.05 bits per heavy atom. The number of benzene rings is 1. The number of amides is 1. The van der Waals surface area contributed by atoms with Crippen LogP contribution in [0, 0.1) is 5.92 Å². The van der Waals surface area contributed by atoms with Gasteiger partial charge in [-0.25, -0.2) is 0 Å². The third-order valence-electron chi connectivity index (χ3n) is 4.28. The smallest absolute Gasteiger partial charge is 0.279 e. The lowest BCUT2D eigenvalue weighted by atomic mass is 9.94. The minimum atomic E-state index is -1.21. The second-order valence-corrected chi connectivity index (χ2v) is 5.71. The molecule has 1 amide bonds. The Morgan fingerprint density at radius 1 is 1.38 bits per heavy atom. The molecule has 21 heavy (non-hydrogen) atoms. The zero-order chi connectivity index (χ0) is 15.4. The molecule has 1 aromatic rings. The highest BCUT2D eigenvalue weighted by atomic mass is 16.4. The molecule has 114 valence electrons. The Labute approximate surface area is 124 Å². The Balaban J connectivity index is 2.03. The minimum Gasteiger partial charge on any atom is -0.548 e. The van der Waals surface area contributed by atoms with Crippen LogP contribution in [-0.2, 0) is 22.6 Å². The van der Waals surface area contributed by atoms with E-state index in [1.54, 1.807) is 6.92 Å². The molecule has 0 spiro atoms. The van der Waals surface area contributed by atoms with E-state index >= 15 is 0 Å². The number of hydrogen-bond acceptors (Lipinski definition) is 3. The first-order chi connectivity index (χ1) is 10.0. The predicted octanol–water partition coefficient (Wildman–Crippen LogP) is -1.04. The SMILES string of the molecule is CC[C@@H](C)[C@H](NC(=O)[C@@H]1Cc2ccccc2C[NH2+]1)C(=O)[O-]. The summed E-state index contributed by atoms with van der Waals surface area (Å²) in [4.78, 5) is 23.5. The van der Waals surface area contributed by atoms with Gasteiger partial charge in [0.15, 0.2) is 6.04 Å². The highest BCUT2D eigenvalue weighted by Crippen LogP contribution is 2.13. The van der Waals surface area contributed by atoms with Crippen LogP contribution in [0.1, 0.15) is 31.4 Å². The lowest BCUT2D eigenvalue weighted by molar-refractivity contribution is -0.695. The molecule has 0 aromatic heterocycles. The van der Waals surface area contributed by atoms with E-state index < -0.39 is 12.0 Å². The summed E-state index contributed by atoms with van der Waals surface area (Å²) in [6, 6.07) is 6.83. The van der Waals surface area contributed by atoms with Crippen molar-refractivity contribution in [2.45, 2.75) is 45.3 Å². The molecule has 0 fully saturated rings. The fraction of sp³-hybridized carbons (Fsp3) is 0.500. The molecule has 0 saturated heterocycles. The van der Waals surface area contributed by atoms with Crippen molar-refractivity contribution < 1.29 is 20.0 Å². The predicted molar refractivity (Wildman–Crippen MR) is 76.0 cm³/mol. The van der Waals surface area contributed by atoms with Gasteiger partial charge < -0.3 is 20.5 Å². The minimum absolute atomic E-state index is 0.144. The second kappa shape index (κ2) is 6.72. The van der Waals surface area contributed by atoms with Gasteiger partial charge in [0, 0.05) is 12.0 Å². The number of nitrogens with two attached hydrogens (primary N) is 1. The zero-order valence-electron chi connectivity index (χ0n) is 12.5. The second-order valence-electron chi connectivity index (χ2n) is 5.71. The Hall–Kier alpha value is -1.88. The zero-order valence-corrected chi connectivity index (χ0v) is 12.5. The van der Waals surface area contributed by atoms with Crippen molar-refractivity contribution in [3.05, 3.63) is 35.4 Å². The quantitative estimate of drug-likeness (QED) is 0.726. The summed E-state index contributed by atoms with van der Waals surface area (Å²) in [6.07, 6.45) is 1.30. The molecule has 0 bridgehead atoms. The summed E-state index contributed by atoms with van der Waals surface area (Å²) in [7, 11) is 0. The van der Waals surface area contributed by atoms with Crippen molar-refractivity contribution >= 4 is 11.9 Å². The molecule has 0 unspecified atom stereocenters. The number of quaternary nitrogens is 1. The lowest BCUT2D eigenvalue weighted by Gasteiger charge is -2.28. The summed E-state index contributed by atoms with van der Waals surface area (Å²) in [5, 5.41) is 15.8.